The standard InChI is InChI=1S/C22H24N4O5S2/c1-5-30-22(29)16-10(3)14-17(23)24-13(25-19(14)33-16)8-31-21(28)15-9(2)11(4)32-20(15)26-18(27)12-6-7-12/h12H,5-8H2,1-4H3,(H,26,27)(H2,23,24,25). The molecule has 0 bridgehead atoms. The number of aromatic nitrogens is 2. The molecule has 0 spiro atoms. The van der Waals surface area contributed by atoms with E-state index in [0.717, 1.165) is 34.6 Å². The average molecular weight is 489 g/mol. The van der Waals surface area contributed by atoms with Crippen LogP contribution in [-0.4, -0.2) is 34.4 Å². The van der Waals surface area contributed by atoms with Crippen LogP contribution in [0.5, 0.6) is 0 Å². The molecule has 0 saturated heterocycles. The lowest BCUT2D eigenvalue weighted by molar-refractivity contribution is -0.117. The van der Waals surface area contributed by atoms with Crippen molar-refractivity contribution < 1.29 is 23.9 Å². The number of nitrogens with two attached hydrogens (primary N) is 1. The summed E-state index contributed by atoms with van der Waals surface area (Å²) in [7, 11) is 0. The Labute approximate surface area is 198 Å². The zero-order valence-electron chi connectivity index (χ0n) is 18.7. The van der Waals surface area contributed by atoms with Crippen LogP contribution in [0.4, 0.5) is 10.8 Å². The molecule has 3 aromatic rings. The number of anilines is 2. The Morgan fingerprint density at radius 2 is 1.79 bits per heavy atom. The summed E-state index contributed by atoms with van der Waals surface area (Å²) in [5, 5.41) is 3.95. The summed E-state index contributed by atoms with van der Waals surface area (Å²) in [5.41, 5.74) is 7.89. The summed E-state index contributed by atoms with van der Waals surface area (Å²) in [6.45, 7) is 7.28. The molecule has 0 atom stereocenters. The number of nitrogens with zero attached hydrogens (tertiary/aromatic N) is 2. The number of thiophene rings is 2. The number of fused-ring (bicyclic) bond motifs is 1. The first-order valence-electron chi connectivity index (χ1n) is 10.5. The predicted molar refractivity (Wildman–Crippen MR) is 127 cm³/mol. The number of carbonyl (C=O) groups excluding carboxylic acids is 3. The van der Waals surface area contributed by atoms with Crippen LogP contribution >= 0.6 is 22.7 Å². The molecule has 0 radical (unpaired) electrons. The van der Waals surface area contributed by atoms with Crippen LogP contribution in [0.2, 0.25) is 0 Å². The van der Waals surface area contributed by atoms with Gasteiger partial charge in [-0.1, -0.05) is 0 Å². The number of nitrogen functional groups attached to an aromatic ring is 1. The number of carbonyl (C=O) groups is 3. The Morgan fingerprint density at radius 1 is 1.06 bits per heavy atom. The van der Waals surface area contributed by atoms with Gasteiger partial charge in [0, 0.05) is 10.8 Å². The Bertz CT molecular complexity index is 1280. The highest BCUT2D eigenvalue weighted by Crippen LogP contribution is 2.37. The van der Waals surface area contributed by atoms with Crippen molar-refractivity contribution in [2.24, 2.45) is 5.92 Å². The molecule has 33 heavy (non-hydrogen) atoms. The molecular weight excluding hydrogens is 464 g/mol. The molecule has 11 heteroatoms. The van der Waals surface area contributed by atoms with Crippen LogP contribution in [0.25, 0.3) is 10.2 Å². The quantitative estimate of drug-likeness (QED) is 0.474. The minimum absolute atomic E-state index is 0.0217. The Kier molecular flexibility index (Phi) is 6.35. The van der Waals surface area contributed by atoms with Crippen LogP contribution in [0, 0.1) is 26.7 Å². The zero-order chi connectivity index (χ0) is 23.9. The lowest BCUT2D eigenvalue weighted by atomic mass is 10.1. The molecule has 3 N–H and O–H groups in total. The molecule has 1 aliphatic rings. The lowest BCUT2D eigenvalue weighted by Crippen LogP contribution is -2.16. The van der Waals surface area contributed by atoms with E-state index in [9.17, 15) is 14.4 Å². The second kappa shape index (κ2) is 9.06. The zero-order valence-corrected chi connectivity index (χ0v) is 20.4. The van der Waals surface area contributed by atoms with Crippen molar-refractivity contribution in [3.8, 4) is 0 Å². The van der Waals surface area contributed by atoms with Gasteiger partial charge in [0.15, 0.2) is 12.4 Å². The van der Waals surface area contributed by atoms with Gasteiger partial charge in [0.2, 0.25) is 5.91 Å². The van der Waals surface area contributed by atoms with Crippen molar-refractivity contribution in [2.75, 3.05) is 17.7 Å². The fourth-order valence-electron chi connectivity index (χ4n) is 3.39. The van der Waals surface area contributed by atoms with E-state index < -0.39 is 11.9 Å². The van der Waals surface area contributed by atoms with E-state index in [1.54, 1.807) is 13.8 Å². The maximum Gasteiger partial charge on any atom is 0.348 e. The van der Waals surface area contributed by atoms with Crippen LogP contribution in [0.1, 0.15) is 61.6 Å². The highest BCUT2D eigenvalue weighted by Gasteiger charge is 2.32. The summed E-state index contributed by atoms with van der Waals surface area (Å²) in [6.07, 6.45) is 1.74. The van der Waals surface area contributed by atoms with Gasteiger partial charge in [-0.2, -0.15) is 0 Å². The van der Waals surface area contributed by atoms with Gasteiger partial charge in [-0.15, -0.1) is 22.7 Å². The van der Waals surface area contributed by atoms with Crippen molar-refractivity contribution >= 4 is 61.6 Å². The normalized spacial score (nSPS) is 13.2. The number of ether oxygens (including phenoxy) is 2. The smallest absolute Gasteiger partial charge is 0.348 e. The number of hydrogen-bond donors (Lipinski definition) is 2. The van der Waals surface area contributed by atoms with Crippen molar-refractivity contribution in [3.05, 3.63) is 32.3 Å². The molecule has 1 saturated carbocycles. The van der Waals surface area contributed by atoms with E-state index in [-0.39, 0.29) is 36.7 Å². The Morgan fingerprint density at radius 3 is 2.45 bits per heavy atom. The molecule has 3 heterocycles. The third-order valence-corrected chi connectivity index (χ3v) is 7.72. The highest BCUT2D eigenvalue weighted by molar-refractivity contribution is 7.20. The maximum atomic E-state index is 12.9. The van der Waals surface area contributed by atoms with Gasteiger partial charge >= 0.3 is 11.9 Å². The van der Waals surface area contributed by atoms with Gasteiger partial charge < -0.3 is 20.5 Å². The molecule has 0 aromatic carbocycles. The van der Waals surface area contributed by atoms with Crippen LogP contribution in [0.3, 0.4) is 0 Å². The van der Waals surface area contributed by atoms with Gasteiger partial charge in [-0.25, -0.2) is 19.6 Å². The summed E-state index contributed by atoms with van der Waals surface area (Å²) in [5.74, 6) is -0.631. The predicted octanol–water partition coefficient (Wildman–Crippen LogP) is 4.14. The van der Waals surface area contributed by atoms with Gasteiger partial charge in [-0.3, -0.25) is 4.79 Å². The fraction of sp³-hybridized carbons (Fsp3) is 0.409. The van der Waals surface area contributed by atoms with E-state index in [1.807, 2.05) is 13.8 Å². The van der Waals surface area contributed by atoms with Gasteiger partial charge in [0.05, 0.1) is 17.6 Å². The minimum atomic E-state index is -0.570. The van der Waals surface area contributed by atoms with Gasteiger partial charge in [0.25, 0.3) is 0 Å². The van der Waals surface area contributed by atoms with Crippen molar-refractivity contribution in [3.63, 3.8) is 0 Å². The Hall–Kier alpha value is -3.05. The molecule has 1 aliphatic carbocycles. The first-order chi connectivity index (χ1) is 15.7. The second-order valence-electron chi connectivity index (χ2n) is 7.81. The monoisotopic (exact) mass is 488 g/mol. The molecular formula is C22H24N4O5S2. The second-order valence-corrected chi connectivity index (χ2v) is 10.0. The third-order valence-electron chi connectivity index (χ3n) is 5.43. The third kappa shape index (κ3) is 4.55. The maximum absolute atomic E-state index is 12.9. The Balaban J connectivity index is 1.54. The summed E-state index contributed by atoms with van der Waals surface area (Å²) in [6, 6.07) is 0. The topological polar surface area (TPSA) is 134 Å². The number of rotatable bonds is 7. The molecule has 3 aromatic heterocycles. The van der Waals surface area contributed by atoms with E-state index in [2.05, 4.69) is 15.3 Å². The summed E-state index contributed by atoms with van der Waals surface area (Å²) < 4.78 is 10.6. The molecule has 9 nitrogen and oxygen atoms in total. The fourth-order valence-corrected chi connectivity index (χ4v) is 5.55. The molecule has 0 aliphatic heterocycles. The van der Waals surface area contributed by atoms with Gasteiger partial charge in [0.1, 0.15) is 20.5 Å². The number of hydrogen-bond acceptors (Lipinski definition) is 10. The molecule has 0 unspecified atom stereocenters. The van der Waals surface area contributed by atoms with Gasteiger partial charge in [-0.05, 0) is 51.7 Å². The SMILES string of the molecule is CCOC(=O)c1sc2nc(COC(=O)c3c(NC(=O)C4CC4)sc(C)c3C)nc(N)c2c1C. The average Bonchev–Trinajstić information content (AvgIpc) is 3.50. The molecule has 1 fully saturated rings. The minimum Gasteiger partial charge on any atom is -0.462 e. The largest absolute Gasteiger partial charge is 0.462 e. The van der Waals surface area contributed by atoms with Crippen molar-refractivity contribution in [1.82, 2.24) is 9.97 Å². The van der Waals surface area contributed by atoms with E-state index in [0.29, 0.717) is 31.2 Å². The van der Waals surface area contributed by atoms with E-state index in [1.165, 1.54) is 11.3 Å². The number of amides is 1. The lowest BCUT2D eigenvalue weighted by Gasteiger charge is -2.08. The molecule has 174 valence electrons. The van der Waals surface area contributed by atoms with Crippen LogP contribution < -0.4 is 11.1 Å². The van der Waals surface area contributed by atoms with Crippen LogP contribution in [-0.2, 0) is 20.9 Å². The van der Waals surface area contributed by atoms with Crippen molar-refractivity contribution in [2.45, 2.75) is 47.1 Å². The first-order valence-corrected chi connectivity index (χ1v) is 12.1. The van der Waals surface area contributed by atoms with E-state index in [4.69, 9.17) is 15.2 Å². The number of nitrogens with one attached hydrogen (secondary N) is 1. The first kappa shape index (κ1) is 23.1. The van der Waals surface area contributed by atoms with Crippen LogP contribution in [0.15, 0.2) is 0 Å². The summed E-state index contributed by atoms with van der Waals surface area (Å²) in [4.78, 5) is 47.8. The molecule has 1 amide bonds. The number of aryl methyl sites for hydroxylation is 2. The van der Waals surface area contributed by atoms with Crippen molar-refractivity contribution in [1.29, 1.82) is 0 Å². The number of esters is 2. The highest BCUT2D eigenvalue weighted by atomic mass is 32.1. The summed E-state index contributed by atoms with van der Waals surface area (Å²) >= 11 is 2.52. The molecule has 4 rings (SSSR count). The van der Waals surface area contributed by atoms with E-state index >= 15 is 0 Å².